The van der Waals surface area contributed by atoms with E-state index in [0.717, 1.165) is 12.0 Å². The van der Waals surface area contributed by atoms with Crippen LogP contribution in [0.5, 0.6) is 0 Å². The van der Waals surface area contributed by atoms with Crippen molar-refractivity contribution in [3.8, 4) is 0 Å². The van der Waals surface area contributed by atoms with Crippen LogP contribution in [0.2, 0.25) is 0 Å². The number of carbonyl (C=O) groups is 2. The lowest BCUT2D eigenvalue weighted by molar-refractivity contribution is -0.131. The Hall–Kier alpha value is -1.84. The molecule has 0 N–H and O–H groups in total. The summed E-state index contributed by atoms with van der Waals surface area (Å²) in [4.78, 5) is 27.6. The number of rotatable bonds is 2. The highest BCUT2D eigenvalue weighted by molar-refractivity contribution is 5.94. The van der Waals surface area contributed by atoms with E-state index in [4.69, 9.17) is 0 Å². The van der Waals surface area contributed by atoms with Gasteiger partial charge in [-0.25, -0.2) is 0 Å². The second-order valence-electron chi connectivity index (χ2n) is 4.89. The molecule has 1 unspecified atom stereocenters. The number of benzene rings is 1. The minimum absolute atomic E-state index is 0.0654. The molecule has 0 aliphatic carbocycles. The number of piperazine rings is 1. The molecular formula is C15H20N2O2. The first-order valence-electron chi connectivity index (χ1n) is 6.75. The fourth-order valence-electron chi connectivity index (χ4n) is 2.50. The summed E-state index contributed by atoms with van der Waals surface area (Å²) in [5.41, 5.74) is 0.720. The summed E-state index contributed by atoms with van der Waals surface area (Å²) in [5.74, 6) is 0.154. The van der Waals surface area contributed by atoms with E-state index in [1.165, 1.54) is 0 Å². The zero-order valence-electron chi connectivity index (χ0n) is 11.5. The molecular weight excluding hydrogens is 240 g/mol. The Labute approximate surface area is 114 Å². The van der Waals surface area contributed by atoms with Gasteiger partial charge >= 0.3 is 0 Å². The van der Waals surface area contributed by atoms with Crippen LogP contribution in [0.3, 0.4) is 0 Å². The SMILES string of the molecule is CCC1CN(C(C)=O)CCN1C(=O)c1ccccc1. The lowest BCUT2D eigenvalue weighted by Gasteiger charge is -2.41. The first-order valence-corrected chi connectivity index (χ1v) is 6.75. The molecule has 4 nitrogen and oxygen atoms in total. The zero-order valence-corrected chi connectivity index (χ0v) is 11.5. The molecule has 4 heteroatoms. The fourth-order valence-corrected chi connectivity index (χ4v) is 2.50. The van der Waals surface area contributed by atoms with Gasteiger partial charge in [0, 0.05) is 38.2 Å². The van der Waals surface area contributed by atoms with Crippen molar-refractivity contribution >= 4 is 11.8 Å². The van der Waals surface area contributed by atoms with Crippen LogP contribution < -0.4 is 0 Å². The highest BCUT2D eigenvalue weighted by Gasteiger charge is 2.30. The lowest BCUT2D eigenvalue weighted by Crippen LogP contribution is -2.55. The van der Waals surface area contributed by atoms with Crippen LogP contribution in [-0.2, 0) is 4.79 Å². The van der Waals surface area contributed by atoms with Crippen molar-refractivity contribution in [2.45, 2.75) is 26.3 Å². The molecule has 1 fully saturated rings. The molecule has 0 saturated carbocycles. The van der Waals surface area contributed by atoms with E-state index in [-0.39, 0.29) is 17.9 Å². The van der Waals surface area contributed by atoms with Crippen LogP contribution in [0.15, 0.2) is 30.3 Å². The Morgan fingerprint density at radius 2 is 1.89 bits per heavy atom. The maximum absolute atomic E-state index is 12.5. The van der Waals surface area contributed by atoms with Crippen molar-refractivity contribution in [2.75, 3.05) is 19.6 Å². The number of carbonyl (C=O) groups excluding carboxylic acids is 2. The number of hydrogen-bond donors (Lipinski definition) is 0. The first kappa shape index (κ1) is 13.6. The third-order valence-electron chi connectivity index (χ3n) is 3.68. The third-order valence-corrected chi connectivity index (χ3v) is 3.68. The van der Waals surface area contributed by atoms with Crippen LogP contribution in [0.1, 0.15) is 30.6 Å². The van der Waals surface area contributed by atoms with Crippen molar-refractivity contribution in [2.24, 2.45) is 0 Å². The molecule has 1 aromatic carbocycles. The van der Waals surface area contributed by atoms with Crippen molar-refractivity contribution in [3.05, 3.63) is 35.9 Å². The van der Waals surface area contributed by atoms with Gasteiger partial charge in [0.15, 0.2) is 0 Å². The predicted octanol–water partition coefficient (Wildman–Crippen LogP) is 1.77. The van der Waals surface area contributed by atoms with Gasteiger partial charge in [-0.3, -0.25) is 9.59 Å². The molecule has 1 aliphatic heterocycles. The van der Waals surface area contributed by atoms with E-state index >= 15 is 0 Å². The molecule has 2 rings (SSSR count). The minimum atomic E-state index is 0.0654. The molecule has 1 aliphatic rings. The molecule has 0 radical (unpaired) electrons. The molecule has 102 valence electrons. The second kappa shape index (κ2) is 5.87. The van der Waals surface area contributed by atoms with Crippen LogP contribution in [-0.4, -0.2) is 47.3 Å². The molecule has 19 heavy (non-hydrogen) atoms. The van der Waals surface area contributed by atoms with Crippen molar-refractivity contribution in [1.82, 2.24) is 9.80 Å². The average molecular weight is 260 g/mol. The molecule has 0 aromatic heterocycles. The van der Waals surface area contributed by atoms with Gasteiger partial charge in [-0.05, 0) is 18.6 Å². The van der Waals surface area contributed by atoms with E-state index < -0.39 is 0 Å². The Bertz CT molecular complexity index is 458. The van der Waals surface area contributed by atoms with Gasteiger partial charge in [0.05, 0.1) is 0 Å². The van der Waals surface area contributed by atoms with Crippen LogP contribution >= 0.6 is 0 Å². The Morgan fingerprint density at radius 3 is 2.47 bits per heavy atom. The second-order valence-corrected chi connectivity index (χ2v) is 4.89. The van der Waals surface area contributed by atoms with Gasteiger partial charge in [-0.1, -0.05) is 25.1 Å². The standard InChI is InChI=1S/C15H20N2O2/c1-3-14-11-16(12(2)18)9-10-17(14)15(19)13-7-5-4-6-8-13/h4-8,14H,3,9-11H2,1-2H3. The Balaban J connectivity index is 2.12. The molecule has 1 saturated heterocycles. The van der Waals surface area contributed by atoms with Gasteiger partial charge in [0.1, 0.15) is 0 Å². The van der Waals surface area contributed by atoms with Gasteiger partial charge in [-0.2, -0.15) is 0 Å². The topological polar surface area (TPSA) is 40.6 Å². The highest BCUT2D eigenvalue weighted by atomic mass is 16.2. The Kier molecular flexibility index (Phi) is 4.20. The normalized spacial score (nSPS) is 19.4. The fraction of sp³-hybridized carbons (Fsp3) is 0.467. The van der Waals surface area contributed by atoms with E-state index in [9.17, 15) is 9.59 Å². The summed E-state index contributed by atoms with van der Waals surface area (Å²) >= 11 is 0. The highest BCUT2D eigenvalue weighted by Crippen LogP contribution is 2.16. The van der Waals surface area contributed by atoms with Crippen molar-refractivity contribution in [3.63, 3.8) is 0 Å². The Morgan fingerprint density at radius 1 is 1.21 bits per heavy atom. The maximum atomic E-state index is 12.5. The van der Waals surface area contributed by atoms with E-state index in [1.54, 1.807) is 6.92 Å². The summed E-state index contributed by atoms with van der Waals surface area (Å²) in [6.45, 7) is 5.53. The summed E-state index contributed by atoms with van der Waals surface area (Å²) < 4.78 is 0. The quantitative estimate of drug-likeness (QED) is 0.813. The summed E-state index contributed by atoms with van der Waals surface area (Å²) in [6.07, 6.45) is 0.863. The average Bonchev–Trinajstić information content (AvgIpc) is 2.46. The van der Waals surface area contributed by atoms with Crippen LogP contribution in [0.25, 0.3) is 0 Å². The number of nitrogens with zero attached hydrogens (tertiary/aromatic N) is 2. The number of amides is 2. The molecule has 1 atom stereocenters. The zero-order chi connectivity index (χ0) is 13.8. The molecule has 1 aromatic rings. The van der Waals surface area contributed by atoms with Crippen molar-refractivity contribution in [1.29, 1.82) is 0 Å². The van der Waals surface area contributed by atoms with E-state index in [2.05, 4.69) is 6.92 Å². The predicted molar refractivity (Wildman–Crippen MR) is 73.8 cm³/mol. The largest absolute Gasteiger partial charge is 0.339 e. The van der Waals surface area contributed by atoms with Gasteiger partial charge in [0.25, 0.3) is 5.91 Å². The third kappa shape index (κ3) is 2.95. The van der Waals surface area contributed by atoms with Gasteiger partial charge in [-0.15, -0.1) is 0 Å². The maximum Gasteiger partial charge on any atom is 0.254 e. The smallest absolute Gasteiger partial charge is 0.254 e. The molecule has 0 bridgehead atoms. The monoisotopic (exact) mass is 260 g/mol. The van der Waals surface area contributed by atoms with E-state index in [1.807, 2.05) is 40.1 Å². The van der Waals surface area contributed by atoms with E-state index in [0.29, 0.717) is 19.6 Å². The number of hydrogen-bond acceptors (Lipinski definition) is 2. The van der Waals surface area contributed by atoms with Crippen LogP contribution in [0.4, 0.5) is 0 Å². The first-order chi connectivity index (χ1) is 9.13. The molecule has 0 spiro atoms. The van der Waals surface area contributed by atoms with Crippen LogP contribution in [0, 0.1) is 0 Å². The van der Waals surface area contributed by atoms with Gasteiger partial charge < -0.3 is 9.80 Å². The van der Waals surface area contributed by atoms with Crippen molar-refractivity contribution < 1.29 is 9.59 Å². The summed E-state index contributed by atoms with van der Waals surface area (Å²) in [5, 5.41) is 0. The summed E-state index contributed by atoms with van der Waals surface area (Å²) in [7, 11) is 0. The lowest BCUT2D eigenvalue weighted by atomic mass is 10.1. The molecule has 2 amide bonds. The summed E-state index contributed by atoms with van der Waals surface area (Å²) in [6, 6.07) is 9.45. The minimum Gasteiger partial charge on any atom is -0.339 e. The van der Waals surface area contributed by atoms with Gasteiger partial charge in [0.2, 0.25) is 5.91 Å². The molecule has 1 heterocycles.